The second kappa shape index (κ2) is 8.42. The third-order valence-corrected chi connectivity index (χ3v) is 7.55. The molecule has 2 aromatic rings. The predicted octanol–water partition coefficient (Wildman–Crippen LogP) is 1.76. The van der Waals surface area contributed by atoms with E-state index in [1.165, 1.54) is 31.2 Å². The Kier molecular flexibility index (Phi) is 5.60. The molecule has 3 aliphatic heterocycles. The zero-order valence-electron chi connectivity index (χ0n) is 19.5. The minimum absolute atomic E-state index is 0.0242. The van der Waals surface area contributed by atoms with E-state index in [-0.39, 0.29) is 24.3 Å². The lowest BCUT2D eigenvalue weighted by Crippen LogP contribution is -2.53. The number of carbonyl (C=O) groups excluding carboxylic acids is 5. The Labute approximate surface area is 211 Å². The van der Waals surface area contributed by atoms with Crippen molar-refractivity contribution in [3.8, 4) is 5.75 Å². The first-order valence-electron chi connectivity index (χ1n) is 11.4. The van der Waals surface area contributed by atoms with Crippen molar-refractivity contribution >= 4 is 52.6 Å². The van der Waals surface area contributed by atoms with Crippen LogP contribution in [0, 0.1) is 18.8 Å². The van der Waals surface area contributed by atoms with Crippen molar-refractivity contribution < 1.29 is 28.7 Å². The first-order valence-corrected chi connectivity index (χ1v) is 11.8. The summed E-state index contributed by atoms with van der Waals surface area (Å²) in [6.07, 6.45) is 0.148. The van der Waals surface area contributed by atoms with Crippen molar-refractivity contribution in [2.75, 3.05) is 10.2 Å². The van der Waals surface area contributed by atoms with Gasteiger partial charge in [0, 0.05) is 30.0 Å². The maximum Gasteiger partial charge on any atom is 0.308 e. The summed E-state index contributed by atoms with van der Waals surface area (Å²) in [7, 11) is 0. The van der Waals surface area contributed by atoms with Crippen LogP contribution < -0.4 is 26.0 Å². The highest BCUT2D eigenvalue weighted by Crippen LogP contribution is 2.55. The highest BCUT2D eigenvalue weighted by molar-refractivity contribution is 6.32. The van der Waals surface area contributed by atoms with Gasteiger partial charge < -0.3 is 15.8 Å². The number of ether oxygens (including phenoxy) is 1. The number of nitrogens with zero attached hydrogens (tertiary/aromatic N) is 1. The molecule has 4 amide bonds. The lowest BCUT2D eigenvalue weighted by Gasteiger charge is -2.29. The van der Waals surface area contributed by atoms with Crippen molar-refractivity contribution in [3.63, 3.8) is 0 Å². The van der Waals surface area contributed by atoms with Crippen LogP contribution in [0.4, 0.5) is 11.4 Å². The summed E-state index contributed by atoms with van der Waals surface area (Å²) < 4.78 is 5.04. The van der Waals surface area contributed by atoms with Crippen LogP contribution in [0.15, 0.2) is 36.4 Å². The van der Waals surface area contributed by atoms with E-state index in [9.17, 15) is 24.0 Å². The molecular weight excluding hydrogens is 488 g/mol. The molecule has 186 valence electrons. The number of rotatable bonds is 5. The number of nitrogens with one attached hydrogen (secondary N) is 2. The molecule has 11 heteroatoms. The van der Waals surface area contributed by atoms with Gasteiger partial charge in [-0.05, 0) is 49.2 Å². The number of hydrogen-bond acceptors (Lipinski definition) is 7. The van der Waals surface area contributed by atoms with Gasteiger partial charge in [0.15, 0.2) is 0 Å². The minimum atomic E-state index is -1.52. The van der Waals surface area contributed by atoms with Crippen LogP contribution in [0.1, 0.15) is 30.9 Å². The number of amides is 4. The topological polar surface area (TPSA) is 148 Å². The van der Waals surface area contributed by atoms with Crippen molar-refractivity contribution in [2.24, 2.45) is 17.6 Å². The van der Waals surface area contributed by atoms with Gasteiger partial charge in [0.1, 0.15) is 11.3 Å². The molecule has 3 aliphatic rings. The Morgan fingerprint density at radius 3 is 2.44 bits per heavy atom. The normalized spacial score (nSPS) is 26.2. The van der Waals surface area contributed by atoms with Crippen molar-refractivity contribution in [1.82, 2.24) is 5.32 Å². The average Bonchev–Trinajstić information content (AvgIpc) is 3.40. The fourth-order valence-electron chi connectivity index (χ4n) is 5.62. The summed E-state index contributed by atoms with van der Waals surface area (Å²) >= 11 is 6.28. The van der Waals surface area contributed by atoms with Gasteiger partial charge in [-0.25, -0.2) is 4.90 Å². The minimum Gasteiger partial charge on any atom is -0.427 e. The van der Waals surface area contributed by atoms with Crippen LogP contribution in [0.25, 0.3) is 0 Å². The van der Waals surface area contributed by atoms with Gasteiger partial charge in [-0.15, -0.1) is 0 Å². The Morgan fingerprint density at radius 2 is 1.81 bits per heavy atom. The van der Waals surface area contributed by atoms with Crippen LogP contribution in [0.5, 0.6) is 5.75 Å². The molecule has 1 spiro atoms. The Hall–Kier alpha value is -3.76. The summed E-state index contributed by atoms with van der Waals surface area (Å²) in [5.74, 6) is -4.26. The highest BCUT2D eigenvalue weighted by atomic mass is 35.5. The molecule has 10 nitrogen and oxygen atoms in total. The van der Waals surface area contributed by atoms with E-state index in [1.807, 2.05) is 0 Å². The third kappa shape index (κ3) is 3.40. The smallest absolute Gasteiger partial charge is 0.308 e. The molecule has 0 saturated carbocycles. The van der Waals surface area contributed by atoms with Gasteiger partial charge in [0.25, 0.3) is 0 Å². The number of esters is 1. The maximum atomic E-state index is 13.9. The van der Waals surface area contributed by atoms with E-state index >= 15 is 0 Å². The van der Waals surface area contributed by atoms with Crippen LogP contribution >= 0.6 is 11.6 Å². The number of benzene rings is 2. The molecule has 4 N–H and O–H groups in total. The molecule has 2 saturated heterocycles. The number of fused-ring (bicyclic) bond motifs is 4. The van der Waals surface area contributed by atoms with E-state index in [1.54, 1.807) is 19.1 Å². The van der Waals surface area contributed by atoms with E-state index in [0.717, 1.165) is 4.90 Å². The number of carbonyl (C=O) groups is 5. The van der Waals surface area contributed by atoms with Gasteiger partial charge in [-0.3, -0.25) is 29.3 Å². The van der Waals surface area contributed by atoms with Gasteiger partial charge in [-0.2, -0.15) is 0 Å². The number of anilines is 2. The van der Waals surface area contributed by atoms with Crippen molar-refractivity contribution in [1.29, 1.82) is 0 Å². The predicted molar refractivity (Wildman–Crippen MR) is 129 cm³/mol. The molecule has 4 atom stereocenters. The van der Waals surface area contributed by atoms with E-state index in [4.69, 9.17) is 22.1 Å². The van der Waals surface area contributed by atoms with Gasteiger partial charge in [0.05, 0.1) is 23.2 Å². The molecule has 2 aromatic carbocycles. The van der Waals surface area contributed by atoms with Crippen LogP contribution in [0.2, 0.25) is 5.02 Å². The fraction of sp³-hybridized carbons (Fsp3) is 0.320. The largest absolute Gasteiger partial charge is 0.427 e. The van der Waals surface area contributed by atoms with Crippen LogP contribution in [0.3, 0.4) is 0 Å². The Bertz CT molecular complexity index is 1340. The summed E-state index contributed by atoms with van der Waals surface area (Å²) in [4.78, 5) is 65.0. The molecule has 0 bridgehead atoms. The summed E-state index contributed by atoms with van der Waals surface area (Å²) in [6.45, 7) is 3.02. The van der Waals surface area contributed by atoms with Gasteiger partial charge in [0.2, 0.25) is 23.6 Å². The van der Waals surface area contributed by atoms with Crippen molar-refractivity contribution in [2.45, 2.75) is 38.3 Å². The van der Waals surface area contributed by atoms with E-state index in [0.29, 0.717) is 21.8 Å². The number of primary amides is 1. The van der Waals surface area contributed by atoms with E-state index < -0.39 is 53.0 Å². The molecule has 0 unspecified atom stereocenters. The van der Waals surface area contributed by atoms with E-state index in [2.05, 4.69) is 10.6 Å². The first kappa shape index (κ1) is 24.0. The van der Waals surface area contributed by atoms with Crippen LogP contribution in [-0.2, 0) is 29.5 Å². The molecule has 2 fully saturated rings. The second-order valence-corrected chi connectivity index (χ2v) is 9.62. The summed E-state index contributed by atoms with van der Waals surface area (Å²) in [5, 5.41) is 6.55. The lowest BCUT2D eigenvalue weighted by atomic mass is 9.76. The zero-order valence-corrected chi connectivity index (χ0v) is 20.2. The number of hydrogen-bond donors (Lipinski definition) is 3. The summed E-state index contributed by atoms with van der Waals surface area (Å²) in [6, 6.07) is 8.63. The van der Waals surface area contributed by atoms with Gasteiger partial charge >= 0.3 is 5.97 Å². The Balaban J connectivity index is 1.60. The quantitative estimate of drug-likeness (QED) is 0.315. The molecule has 0 aliphatic carbocycles. The first-order chi connectivity index (χ1) is 17.1. The SMILES string of the molecule is CC(=O)Oc1ccc(N2C(=O)[C@@H]3[C@@H](CCC(N)=O)N[C@@]4(C(=O)Nc5c4ccc(Cl)c5C)[C@H]3C2=O)cc1. The number of imide groups is 1. The highest BCUT2D eigenvalue weighted by Gasteiger charge is 2.70. The molecule has 0 radical (unpaired) electrons. The standard InChI is InChI=1S/C25H23ClN4O6/c1-11-16(26)8-7-15-21(11)28-24(35)25(15)20-19(17(29-25)9-10-18(27)32)22(33)30(23(20)34)13-3-5-14(6-4-13)36-12(2)31/h3-8,17,19-20,29H,9-10H2,1-2H3,(H2,27,32)(H,28,35)/t17-,19-,20-,25-/m1/s1. The Morgan fingerprint density at radius 1 is 1.11 bits per heavy atom. The average molecular weight is 511 g/mol. The fourth-order valence-corrected chi connectivity index (χ4v) is 5.78. The zero-order chi connectivity index (χ0) is 25.9. The van der Waals surface area contributed by atoms with Gasteiger partial charge in [-0.1, -0.05) is 17.7 Å². The summed E-state index contributed by atoms with van der Waals surface area (Å²) in [5.41, 5.74) is 5.80. The molecule has 0 aromatic heterocycles. The van der Waals surface area contributed by atoms with Crippen LogP contribution in [-0.4, -0.2) is 35.6 Å². The maximum absolute atomic E-state index is 13.9. The molecule has 5 rings (SSSR count). The van der Waals surface area contributed by atoms with Crippen molar-refractivity contribution in [3.05, 3.63) is 52.5 Å². The monoisotopic (exact) mass is 510 g/mol. The number of nitrogens with two attached hydrogens (primary N) is 1. The second-order valence-electron chi connectivity index (χ2n) is 9.22. The lowest BCUT2D eigenvalue weighted by molar-refractivity contribution is -0.132. The number of halogens is 1. The molecular formula is C25H23ClN4O6. The third-order valence-electron chi connectivity index (χ3n) is 7.14. The molecule has 36 heavy (non-hydrogen) atoms. The molecule has 3 heterocycles.